The Morgan fingerprint density at radius 1 is 1.42 bits per heavy atom. The van der Waals surface area contributed by atoms with E-state index in [9.17, 15) is 4.79 Å². The maximum absolute atomic E-state index is 12.7. The number of amides is 1. The van der Waals surface area contributed by atoms with Gasteiger partial charge >= 0.3 is 0 Å². The molecule has 1 amide bonds. The van der Waals surface area contributed by atoms with Crippen LogP contribution in [0.5, 0.6) is 0 Å². The van der Waals surface area contributed by atoms with Crippen molar-refractivity contribution < 1.29 is 4.79 Å². The molecule has 1 heterocycles. The largest absolute Gasteiger partial charge is 0.321 e. The summed E-state index contributed by atoms with van der Waals surface area (Å²) in [6.45, 7) is 7.61. The standard InChI is InChI=1S/C15H29N3O/c1-6-13-16-15(7-8-15)14(19)18(13)12(9-11(2)3)10-17(4)5/h11-13,16H,6-10H2,1-5H3. The molecule has 2 unspecified atom stereocenters. The summed E-state index contributed by atoms with van der Waals surface area (Å²) in [5.74, 6) is 0.970. The van der Waals surface area contributed by atoms with Gasteiger partial charge in [-0.1, -0.05) is 20.8 Å². The number of hydrogen-bond donors (Lipinski definition) is 1. The summed E-state index contributed by atoms with van der Waals surface area (Å²) in [6.07, 6.45) is 4.36. The molecule has 1 aliphatic heterocycles. The van der Waals surface area contributed by atoms with Gasteiger partial charge in [-0.15, -0.1) is 0 Å². The van der Waals surface area contributed by atoms with Gasteiger partial charge in [0, 0.05) is 12.6 Å². The van der Waals surface area contributed by atoms with E-state index in [1.807, 2.05) is 0 Å². The molecular formula is C15H29N3O. The second-order valence-electron chi connectivity index (χ2n) is 6.91. The van der Waals surface area contributed by atoms with Crippen molar-refractivity contribution >= 4 is 5.91 Å². The van der Waals surface area contributed by atoms with Gasteiger partial charge in [0.25, 0.3) is 0 Å². The van der Waals surface area contributed by atoms with Crippen LogP contribution in [0, 0.1) is 5.92 Å². The van der Waals surface area contributed by atoms with E-state index in [4.69, 9.17) is 0 Å². The second kappa shape index (κ2) is 5.41. The minimum atomic E-state index is -0.178. The third-order valence-electron chi connectivity index (χ3n) is 4.27. The van der Waals surface area contributed by atoms with E-state index < -0.39 is 0 Å². The zero-order valence-corrected chi connectivity index (χ0v) is 13.1. The molecular weight excluding hydrogens is 238 g/mol. The summed E-state index contributed by atoms with van der Waals surface area (Å²) in [5, 5.41) is 3.58. The van der Waals surface area contributed by atoms with Crippen LogP contribution in [-0.4, -0.2) is 54.1 Å². The van der Waals surface area contributed by atoms with Crippen molar-refractivity contribution in [3.05, 3.63) is 0 Å². The minimum absolute atomic E-state index is 0.178. The van der Waals surface area contributed by atoms with Gasteiger partial charge in [-0.3, -0.25) is 10.1 Å². The molecule has 2 atom stereocenters. The fourth-order valence-corrected chi connectivity index (χ4v) is 3.28. The molecule has 0 aromatic rings. The van der Waals surface area contributed by atoms with Gasteiger partial charge in [0.2, 0.25) is 5.91 Å². The van der Waals surface area contributed by atoms with Crippen molar-refractivity contribution in [2.45, 2.75) is 64.2 Å². The number of likely N-dealkylation sites (N-methyl/N-ethyl adjacent to an activating group) is 1. The number of nitrogens with one attached hydrogen (secondary N) is 1. The van der Waals surface area contributed by atoms with Crippen molar-refractivity contribution in [1.82, 2.24) is 15.1 Å². The average Bonchev–Trinajstić information content (AvgIpc) is 3.00. The van der Waals surface area contributed by atoms with Crippen molar-refractivity contribution in [1.29, 1.82) is 0 Å². The molecule has 4 nitrogen and oxygen atoms in total. The van der Waals surface area contributed by atoms with Gasteiger partial charge in [0.05, 0.1) is 11.7 Å². The molecule has 0 aromatic carbocycles. The van der Waals surface area contributed by atoms with Gasteiger partial charge in [-0.25, -0.2) is 0 Å². The van der Waals surface area contributed by atoms with Gasteiger partial charge in [-0.2, -0.15) is 0 Å². The van der Waals surface area contributed by atoms with Crippen molar-refractivity contribution in [2.75, 3.05) is 20.6 Å². The zero-order valence-electron chi connectivity index (χ0n) is 13.1. The Kier molecular flexibility index (Phi) is 4.21. The minimum Gasteiger partial charge on any atom is -0.321 e. The predicted molar refractivity (Wildman–Crippen MR) is 77.8 cm³/mol. The van der Waals surface area contributed by atoms with E-state index in [1.54, 1.807) is 0 Å². The molecule has 1 spiro atoms. The van der Waals surface area contributed by atoms with Crippen LogP contribution in [0.1, 0.15) is 46.5 Å². The Hall–Kier alpha value is -0.610. The van der Waals surface area contributed by atoms with Crippen LogP contribution in [0.4, 0.5) is 0 Å². The summed E-state index contributed by atoms with van der Waals surface area (Å²) in [4.78, 5) is 17.1. The quantitative estimate of drug-likeness (QED) is 0.795. The van der Waals surface area contributed by atoms with E-state index in [0.717, 1.165) is 32.2 Å². The molecule has 1 N–H and O–H groups in total. The highest BCUT2D eigenvalue weighted by atomic mass is 16.2. The number of nitrogens with zero attached hydrogens (tertiary/aromatic N) is 2. The van der Waals surface area contributed by atoms with Crippen LogP contribution in [0.25, 0.3) is 0 Å². The fraction of sp³-hybridized carbons (Fsp3) is 0.933. The lowest BCUT2D eigenvalue weighted by Crippen LogP contribution is -2.49. The lowest BCUT2D eigenvalue weighted by atomic mass is 10.0. The second-order valence-corrected chi connectivity index (χ2v) is 6.91. The van der Waals surface area contributed by atoms with Crippen molar-refractivity contribution in [3.8, 4) is 0 Å². The van der Waals surface area contributed by atoms with E-state index in [0.29, 0.717) is 17.9 Å². The van der Waals surface area contributed by atoms with E-state index in [1.165, 1.54) is 0 Å². The molecule has 2 aliphatic rings. The summed E-state index contributed by atoms with van der Waals surface area (Å²) < 4.78 is 0. The topological polar surface area (TPSA) is 35.6 Å². The third kappa shape index (κ3) is 2.95. The predicted octanol–water partition coefficient (Wildman–Crippen LogP) is 1.66. The first kappa shape index (κ1) is 14.8. The Morgan fingerprint density at radius 3 is 2.47 bits per heavy atom. The molecule has 0 aromatic heterocycles. The summed E-state index contributed by atoms with van der Waals surface area (Å²) in [5.41, 5.74) is -0.178. The highest BCUT2D eigenvalue weighted by molar-refractivity contribution is 5.92. The highest BCUT2D eigenvalue weighted by Crippen LogP contribution is 2.43. The average molecular weight is 267 g/mol. The first-order valence-electron chi connectivity index (χ1n) is 7.65. The molecule has 4 heteroatoms. The van der Waals surface area contributed by atoms with E-state index in [2.05, 4.69) is 50.0 Å². The van der Waals surface area contributed by atoms with Crippen LogP contribution >= 0.6 is 0 Å². The summed E-state index contributed by atoms with van der Waals surface area (Å²) in [6, 6.07) is 0.333. The lowest BCUT2D eigenvalue weighted by Gasteiger charge is -2.35. The first-order chi connectivity index (χ1) is 8.89. The lowest BCUT2D eigenvalue weighted by molar-refractivity contribution is -0.133. The maximum Gasteiger partial charge on any atom is 0.244 e. The molecule has 2 fully saturated rings. The molecule has 0 bridgehead atoms. The number of rotatable bonds is 6. The van der Waals surface area contributed by atoms with E-state index >= 15 is 0 Å². The van der Waals surface area contributed by atoms with E-state index in [-0.39, 0.29) is 11.7 Å². The SMILES string of the molecule is CCC1NC2(CC2)C(=O)N1C(CC(C)C)CN(C)C. The molecule has 1 aliphatic carbocycles. The smallest absolute Gasteiger partial charge is 0.244 e. The van der Waals surface area contributed by atoms with Crippen LogP contribution < -0.4 is 5.32 Å². The summed E-state index contributed by atoms with van der Waals surface area (Å²) >= 11 is 0. The van der Waals surface area contributed by atoms with Crippen LogP contribution in [-0.2, 0) is 4.79 Å². The number of carbonyl (C=O) groups excluding carboxylic acids is 1. The third-order valence-corrected chi connectivity index (χ3v) is 4.27. The first-order valence-corrected chi connectivity index (χ1v) is 7.65. The molecule has 1 saturated carbocycles. The Bertz CT molecular complexity index is 326. The Balaban J connectivity index is 2.15. The van der Waals surface area contributed by atoms with Crippen molar-refractivity contribution in [2.24, 2.45) is 5.92 Å². The molecule has 19 heavy (non-hydrogen) atoms. The monoisotopic (exact) mass is 267 g/mol. The van der Waals surface area contributed by atoms with Crippen molar-refractivity contribution in [3.63, 3.8) is 0 Å². The maximum atomic E-state index is 12.7. The number of carbonyl (C=O) groups is 1. The van der Waals surface area contributed by atoms with Gasteiger partial charge in [-0.05, 0) is 45.7 Å². The van der Waals surface area contributed by atoms with Gasteiger partial charge in [0.15, 0.2) is 0 Å². The molecule has 110 valence electrons. The number of hydrogen-bond acceptors (Lipinski definition) is 3. The normalized spacial score (nSPS) is 26.8. The molecule has 2 rings (SSSR count). The Labute approximate surface area is 117 Å². The van der Waals surface area contributed by atoms with Crippen LogP contribution in [0.3, 0.4) is 0 Å². The van der Waals surface area contributed by atoms with Gasteiger partial charge in [0.1, 0.15) is 0 Å². The Morgan fingerprint density at radius 2 is 2.05 bits per heavy atom. The molecule has 1 saturated heterocycles. The summed E-state index contributed by atoms with van der Waals surface area (Å²) in [7, 11) is 4.18. The zero-order chi connectivity index (χ0) is 14.2. The highest BCUT2D eigenvalue weighted by Gasteiger charge is 2.59. The molecule has 0 radical (unpaired) electrons. The van der Waals surface area contributed by atoms with Gasteiger partial charge < -0.3 is 9.80 Å². The fourth-order valence-electron chi connectivity index (χ4n) is 3.28. The van der Waals surface area contributed by atoms with Crippen LogP contribution in [0.2, 0.25) is 0 Å². The van der Waals surface area contributed by atoms with Crippen LogP contribution in [0.15, 0.2) is 0 Å².